The van der Waals surface area contributed by atoms with Crippen LogP contribution in [0.3, 0.4) is 0 Å². The number of hydrogen-bond acceptors (Lipinski definition) is 5. The number of hydrogen-bond donors (Lipinski definition) is 3. The maximum absolute atomic E-state index is 12.0. The summed E-state index contributed by atoms with van der Waals surface area (Å²) < 4.78 is 10.7. The summed E-state index contributed by atoms with van der Waals surface area (Å²) in [6.07, 6.45) is 2.40. The predicted octanol–water partition coefficient (Wildman–Crippen LogP) is 1.04. The Bertz CT molecular complexity index is 470. The maximum Gasteiger partial charge on any atom is 0.227 e. The van der Waals surface area contributed by atoms with Crippen molar-refractivity contribution in [3.63, 3.8) is 0 Å². The Kier molecular flexibility index (Phi) is 6.63. The fourth-order valence-electron chi connectivity index (χ4n) is 2.79. The smallest absolute Gasteiger partial charge is 0.227 e. The summed E-state index contributed by atoms with van der Waals surface area (Å²) in [6.45, 7) is 3.68. The molecule has 3 rings (SSSR count). The molecule has 0 radical (unpaired) electrons. The largest absolute Gasteiger partial charge is 0.381 e. The van der Waals surface area contributed by atoms with E-state index in [4.69, 9.17) is 9.47 Å². The number of carbonyl (C=O) groups excluding carboxylic acids is 1. The van der Waals surface area contributed by atoms with Crippen molar-refractivity contribution in [3.05, 3.63) is 11.8 Å². The monoisotopic (exact) mass is 330 g/mol. The van der Waals surface area contributed by atoms with E-state index in [9.17, 15) is 4.79 Å². The molecule has 2 fully saturated rings. The van der Waals surface area contributed by atoms with Crippen molar-refractivity contribution in [1.29, 1.82) is 0 Å². The van der Waals surface area contributed by atoms with Crippen molar-refractivity contribution < 1.29 is 14.3 Å². The molecule has 1 aromatic heterocycles. The number of carbonyl (C=O) groups is 1. The van der Waals surface area contributed by atoms with Crippen LogP contribution >= 0.6 is 12.4 Å². The van der Waals surface area contributed by atoms with Gasteiger partial charge in [0.05, 0.1) is 13.2 Å². The lowest BCUT2D eigenvalue weighted by atomic mass is 9.97. The quantitative estimate of drug-likeness (QED) is 0.768. The van der Waals surface area contributed by atoms with Crippen LogP contribution in [0.4, 0.5) is 5.82 Å². The molecule has 7 nitrogen and oxygen atoms in total. The second kappa shape index (κ2) is 8.47. The van der Waals surface area contributed by atoms with Crippen LogP contribution in [0, 0.1) is 0 Å². The summed E-state index contributed by atoms with van der Waals surface area (Å²) in [5, 5.41) is 13.3. The summed E-state index contributed by atoms with van der Waals surface area (Å²) in [5.74, 6) is 1.01. The molecule has 0 saturated carbocycles. The summed E-state index contributed by atoms with van der Waals surface area (Å²) in [4.78, 5) is 12.0. The number of rotatable bonds is 4. The van der Waals surface area contributed by atoms with Gasteiger partial charge in [-0.15, -0.1) is 12.4 Å². The molecule has 124 valence electrons. The van der Waals surface area contributed by atoms with Gasteiger partial charge in [0.15, 0.2) is 5.82 Å². The number of morpholine rings is 1. The lowest BCUT2D eigenvalue weighted by Gasteiger charge is -2.22. The van der Waals surface area contributed by atoms with Crippen LogP contribution in [-0.2, 0) is 14.3 Å². The van der Waals surface area contributed by atoms with Crippen LogP contribution in [0.2, 0.25) is 0 Å². The van der Waals surface area contributed by atoms with E-state index in [0.717, 1.165) is 38.3 Å². The minimum absolute atomic E-state index is 0. The van der Waals surface area contributed by atoms with E-state index >= 15 is 0 Å². The minimum atomic E-state index is -0.0389. The van der Waals surface area contributed by atoms with Crippen LogP contribution < -0.4 is 10.6 Å². The Morgan fingerprint density at radius 1 is 1.32 bits per heavy atom. The predicted molar refractivity (Wildman–Crippen MR) is 84.5 cm³/mol. The summed E-state index contributed by atoms with van der Waals surface area (Å²) in [5.41, 5.74) is 1.08. The van der Waals surface area contributed by atoms with Gasteiger partial charge in [-0.2, -0.15) is 5.10 Å². The normalized spacial score (nSPS) is 22.8. The zero-order valence-corrected chi connectivity index (χ0v) is 13.3. The molecule has 1 aromatic rings. The first kappa shape index (κ1) is 17.2. The fraction of sp³-hybridized carbons (Fsp3) is 0.714. The van der Waals surface area contributed by atoms with Crippen molar-refractivity contribution in [1.82, 2.24) is 15.5 Å². The van der Waals surface area contributed by atoms with Gasteiger partial charge >= 0.3 is 0 Å². The highest BCUT2D eigenvalue weighted by molar-refractivity contribution is 5.90. The number of nitrogens with zero attached hydrogens (tertiary/aromatic N) is 1. The molecule has 3 heterocycles. The molecule has 0 spiro atoms. The molecule has 2 aliphatic heterocycles. The first-order chi connectivity index (χ1) is 10.3. The molecule has 1 atom stereocenters. The highest BCUT2D eigenvalue weighted by Crippen LogP contribution is 2.26. The molecule has 0 aliphatic carbocycles. The number of ether oxygens (including phenoxy) is 2. The third kappa shape index (κ3) is 4.67. The topological polar surface area (TPSA) is 88.3 Å². The zero-order chi connectivity index (χ0) is 14.5. The first-order valence-corrected chi connectivity index (χ1v) is 7.55. The zero-order valence-electron chi connectivity index (χ0n) is 12.5. The lowest BCUT2D eigenvalue weighted by Crippen LogP contribution is -2.43. The first-order valence-electron chi connectivity index (χ1n) is 7.55. The average molecular weight is 331 g/mol. The Morgan fingerprint density at radius 2 is 2.14 bits per heavy atom. The number of anilines is 1. The Hall–Kier alpha value is -1.15. The van der Waals surface area contributed by atoms with Gasteiger partial charge in [-0.05, 0) is 12.8 Å². The van der Waals surface area contributed by atoms with Gasteiger partial charge in [-0.25, -0.2) is 0 Å². The van der Waals surface area contributed by atoms with Crippen molar-refractivity contribution in [3.8, 4) is 0 Å². The number of halogens is 1. The van der Waals surface area contributed by atoms with E-state index < -0.39 is 0 Å². The molecule has 8 heteroatoms. The minimum Gasteiger partial charge on any atom is -0.381 e. The van der Waals surface area contributed by atoms with E-state index in [2.05, 4.69) is 20.8 Å². The second-order valence-electron chi connectivity index (χ2n) is 5.57. The van der Waals surface area contributed by atoms with E-state index in [1.54, 1.807) is 0 Å². The molecule has 1 amide bonds. The van der Waals surface area contributed by atoms with Gasteiger partial charge in [0.2, 0.25) is 5.91 Å². The van der Waals surface area contributed by atoms with Crippen molar-refractivity contribution in [2.45, 2.75) is 31.2 Å². The van der Waals surface area contributed by atoms with Gasteiger partial charge < -0.3 is 20.1 Å². The van der Waals surface area contributed by atoms with Gasteiger partial charge in [0, 0.05) is 49.9 Å². The molecule has 1 unspecified atom stereocenters. The molecule has 3 N–H and O–H groups in total. The van der Waals surface area contributed by atoms with Crippen LogP contribution in [0.15, 0.2) is 6.07 Å². The molecule has 0 aromatic carbocycles. The Labute approximate surface area is 135 Å². The van der Waals surface area contributed by atoms with Crippen LogP contribution in [0.5, 0.6) is 0 Å². The third-order valence-corrected chi connectivity index (χ3v) is 3.96. The van der Waals surface area contributed by atoms with Crippen molar-refractivity contribution in [2.75, 3.05) is 38.3 Å². The Balaban J connectivity index is 0.00000176. The van der Waals surface area contributed by atoms with Crippen molar-refractivity contribution >= 4 is 24.1 Å². The third-order valence-electron chi connectivity index (χ3n) is 3.96. The highest BCUT2D eigenvalue weighted by Gasteiger charge is 2.20. The average Bonchev–Trinajstić information content (AvgIpc) is 2.97. The Morgan fingerprint density at radius 3 is 2.86 bits per heavy atom. The number of aromatic nitrogens is 2. The van der Waals surface area contributed by atoms with Crippen molar-refractivity contribution in [2.24, 2.45) is 0 Å². The molecular formula is C14H23ClN4O3. The number of aromatic amines is 1. The lowest BCUT2D eigenvalue weighted by molar-refractivity contribution is -0.117. The van der Waals surface area contributed by atoms with Crippen LogP contribution in [0.1, 0.15) is 30.9 Å². The van der Waals surface area contributed by atoms with Crippen LogP contribution in [0.25, 0.3) is 0 Å². The van der Waals surface area contributed by atoms with Gasteiger partial charge in [0.1, 0.15) is 0 Å². The SMILES string of the molecule is Cl.O=C(CC1COCCN1)Nc1cc(C2CCOCC2)[nH]n1. The highest BCUT2D eigenvalue weighted by atomic mass is 35.5. The van der Waals surface area contributed by atoms with E-state index in [-0.39, 0.29) is 24.4 Å². The van der Waals surface area contributed by atoms with Crippen LogP contribution in [-0.4, -0.2) is 55.1 Å². The second-order valence-corrected chi connectivity index (χ2v) is 5.57. The van der Waals surface area contributed by atoms with Gasteiger partial charge in [-0.1, -0.05) is 0 Å². The summed E-state index contributed by atoms with van der Waals surface area (Å²) in [7, 11) is 0. The molecule has 22 heavy (non-hydrogen) atoms. The molecule has 0 bridgehead atoms. The number of nitrogens with one attached hydrogen (secondary N) is 3. The van der Waals surface area contributed by atoms with Gasteiger partial charge in [0.25, 0.3) is 0 Å². The van der Waals surface area contributed by atoms with E-state index in [1.165, 1.54) is 0 Å². The molecular weight excluding hydrogens is 308 g/mol. The standard InChI is InChI=1S/C14H22N4O3.ClH/c19-14(7-11-9-21-6-3-15-11)16-13-8-12(17-18-13)10-1-4-20-5-2-10;/h8,10-11,15H,1-7,9H2,(H2,16,17,18,19);1H. The van der Waals surface area contributed by atoms with Gasteiger partial charge in [-0.3, -0.25) is 9.89 Å². The summed E-state index contributed by atoms with van der Waals surface area (Å²) >= 11 is 0. The number of amides is 1. The molecule has 2 saturated heterocycles. The van der Waals surface area contributed by atoms with E-state index in [0.29, 0.717) is 31.4 Å². The number of H-pyrrole nitrogens is 1. The molecule has 2 aliphatic rings. The van der Waals surface area contributed by atoms with E-state index in [1.807, 2.05) is 6.07 Å². The maximum atomic E-state index is 12.0. The fourth-order valence-corrected chi connectivity index (χ4v) is 2.79. The summed E-state index contributed by atoms with van der Waals surface area (Å²) in [6, 6.07) is 2.02.